The molecule has 0 aliphatic carbocycles. The minimum absolute atomic E-state index is 0.112. The van der Waals surface area contributed by atoms with Gasteiger partial charge < -0.3 is 14.2 Å². The maximum atomic E-state index is 6.19. The first-order chi connectivity index (χ1) is 14.9. The van der Waals surface area contributed by atoms with Crippen molar-refractivity contribution in [1.29, 1.82) is 0 Å². The summed E-state index contributed by atoms with van der Waals surface area (Å²) in [5.74, 6) is 1.51. The summed E-state index contributed by atoms with van der Waals surface area (Å²) in [6.07, 6.45) is 3.29. The Balaban J connectivity index is 1.99. The van der Waals surface area contributed by atoms with Crippen LogP contribution in [-0.4, -0.2) is 50.3 Å². The maximum Gasteiger partial charge on any atom is 0.296 e. The predicted molar refractivity (Wildman–Crippen MR) is 125 cm³/mol. The number of aromatic nitrogens is 2. The smallest absolute Gasteiger partial charge is 0.296 e. The van der Waals surface area contributed by atoms with Crippen molar-refractivity contribution in [3.05, 3.63) is 41.5 Å². The number of pyridine rings is 1. The Labute approximate surface area is 184 Å². The number of ether oxygens (including phenoxy) is 3. The van der Waals surface area contributed by atoms with E-state index in [1.807, 2.05) is 4.52 Å². The van der Waals surface area contributed by atoms with E-state index < -0.39 is 0 Å². The van der Waals surface area contributed by atoms with Gasteiger partial charge in [0.1, 0.15) is 11.3 Å². The van der Waals surface area contributed by atoms with Crippen LogP contribution in [0.5, 0.6) is 11.6 Å². The Bertz CT molecular complexity index is 1090. The molecule has 1 saturated heterocycles. The zero-order valence-electron chi connectivity index (χ0n) is 19.6. The Morgan fingerprint density at radius 3 is 2.65 bits per heavy atom. The highest BCUT2D eigenvalue weighted by Crippen LogP contribution is 2.43. The zero-order chi connectivity index (χ0) is 22.2. The van der Waals surface area contributed by atoms with Crippen molar-refractivity contribution in [2.75, 3.05) is 34.4 Å². The largest absolute Gasteiger partial charge is 0.496 e. The first kappa shape index (κ1) is 21.7. The van der Waals surface area contributed by atoms with Crippen LogP contribution in [0.2, 0.25) is 0 Å². The topological polar surface area (TPSA) is 45.0 Å². The average molecular weight is 425 g/mol. The molecule has 3 aromatic rings. The van der Waals surface area contributed by atoms with Crippen LogP contribution in [0.15, 0.2) is 30.3 Å². The number of hydrogen-bond acceptors (Lipinski definition) is 4. The molecule has 0 amide bonds. The maximum absolute atomic E-state index is 6.19. The lowest BCUT2D eigenvalue weighted by atomic mass is 10.0. The normalized spacial score (nSPS) is 18.3. The van der Waals surface area contributed by atoms with E-state index in [-0.39, 0.29) is 6.23 Å². The molecule has 31 heavy (non-hydrogen) atoms. The molecule has 6 heteroatoms. The second-order valence-electron chi connectivity index (χ2n) is 8.68. The predicted octanol–water partition coefficient (Wildman–Crippen LogP) is 5.12. The molecule has 1 aliphatic rings. The summed E-state index contributed by atoms with van der Waals surface area (Å²) in [5, 5.41) is 4.93. The Hall–Kier alpha value is -2.57. The number of benzene rings is 1. The fourth-order valence-corrected chi connectivity index (χ4v) is 5.14. The molecular weight excluding hydrogens is 390 g/mol. The summed E-state index contributed by atoms with van der Waals surface area (Å²) in [6.45, 7) is 8.20. The third-order valence-corrected chi connectivity index (χ3v) is 6.45. The van der Waals surface area contributed by atoms with Crippen molar-refractivity contribution in [1.82, 2.24) is 14.1 Å². The molecule has 2 atom stereocenters. The summed E-state index contributed by atoms with van der Waals surface area (Å²) in [5.41, 5.74) is 6.51. The Kier molecular flexibility index (Phi) is 5.95. The van der Waals surface area contributed by atoms with Gasteiger partial charge in [-0.05, 0) is 56.0 Å². The molecule has 2 aromatic heterocycles. The monoisotopic (exact) mass is 424 g/mol. The fourth-order valence-electron chi connectivity index (χ4n) is 5.14. The number of quaternary nitrogens is 1. The number of nitrogens with zero attached hydrogens (tertiary/aromatic N) is 3. The molecule has 0 radical (unpaired) electrons. The van der Waals surface area contributed by atoms with Crippen molar-refractivity contribution in [2.45, 2.75) is 46.3 Å². The van der Waals surface area contributed by atoms with Crippen LogP contribution in [0.1, 0.15) is 37.3 Å². The molecule has 2 unspecified atom stereocenters. The van der Waals surface area contributed by atoms with Gasteiger partial charge in [-0.15, -0.1) is 5.10 Å². The Morgan fingerprint density at radius 1 is 1.19 bits per heavy atom. The standard InChI is InChI=1S/C25H34N3O3/c1-7-13-28(4,22-12-9-14-31-22)24-20-11-8-10-19(27(20)26-25(24)30-6)23-18(3)15-17(2)16-21(23)29-5/h8,10-11,15-16,22H,7,9,12-14H2,1-6H3/q+1. The van der Waals surface area contributed by atoms with Gasteiger partial charge in [-0.25, -0.2) is 4.52 Å². The van der Waals surface area contributed by atoms with E-state index in [4.69, 9.17) is 19.3 Å². The minimum atomic E-state index is 0.112. The van der Waals surface area contributed by atoms with Crippen molar-refractivity contribution in [3.63, 3.8) is 0 Å². The van der Waals surface area contributed by atoms with E-state index in [0.717, 1.165) is 66.2 Å². The van der Waals surface area contributed by atoms with E-state index in [2.05, 4.69) is 58.2 Å². The van der Waals surface area contributed by atoms with E-state index in [0.29, 0.717) is 10.4 Å². The molecule has 0 N–H and O–H groups in total. The first-order valence-electron chi connectivity index (χ1n) is 11.1. The number of fused-ring (bicyclic) bond motifs is 1. The minimum Gasteiger partial charge on any atom is -0.496 e. The first-order valence-corrected chi connectivity index (χ1v) is 11.1. The van der Waals surface area contributed by atoms with Gasteiger partial charge in [0.25, 0.3) is 5.88 Å². The fraction of sp³-hybridized carbons (Fsp3) is 0.480. The van der Waals surface area contributed by atoms with Gasteiger partial charge in [0.05, 0.1) is 40.1 Å². The summed E-state index contributed by atoms with van der Waals surface area (Å²) >= 11 is 0. The molecule has 3 heterocycles. The number of rotatable bonds is 7. The van der Waals surface area contributed by atoms with Gasteiger partial charge >= 0.3 is 0 Å². The molecule has 1 aliphatic heterocycles. The van der Waals surface area contributed by atoms with E-state index in [9.17, 15) is 0 Å². The SMILES string of the molecule is CCC[N+](C)(c1c(OC)nn2c(-c3c(C)cc(C)cc3OC)cccc12)C1CCCO1. The lowest BCUT2D eigenvalue weighted by Crippen LogP contribution is -2.54. The summed E-state index contributed by atoms with van der Waals surface area (Å²) < 4.78 is 20.5. The van der Waals surface area contributed by atoms with Gasteiger partial charge in [-0.2, -0.15) is 0 Å². The van der Waals surface area contributed by atoms with Crippen LogP contribution in [-0.2, 0) is 4.74 Å². The summed E-state index contributed by atoms with van der Waals surface area (Å²) in [7, 11) is 5.68. The Morgan fingerprint density at radius 2 is 2.00 bits per heavy atom. The highest BCUT2D eigenvalue weighted by Gasteiger charge is 2.43. The number of hydrogen-bond donors (Lipinski definition) is 0. The highest BCUT2D eigenvalue weighted by atomic mass is 16.5. The van der Waals surface area contributed by atoms with Crippen LogP contribution < -0.4 is 14.0 Å². The van der Waals surface area contributed by atoms with Crippen molar-refractivity contribution >= 4 is 11.2 Å². The van der Waals surface area contributed by atoms with Crippen molar-refractivity contribution in [2.24, 2.45) is 0 Å². The second-order valence-corrected chi connectivity index (χ2v) is 8.68. The lowest BCUT2D eigenvalue weighted by Gasteiger charge is -2.37. The van der Waals surface area contributed by atoms with Gasteiger partial charge in [-0.3, -0.25) is 4.48 Å². The van der Waals surface area contributed by atoms with Crippen molar-refractivity contribution in [3.8, 4) is 22.9 Å². The molecule has 1 fully saturated rings. The van der Waals surface area contributed by atoms with Gasteiger partial charge in [-0.1, -0.05) is 19.1 Å². The third-order valence-electron chi connectivity index (χ3n) is 6.45. The number of methoxy groups -OCH3 is 2. The summed E-state index contributed by atoms with van der Waals surface area (Å²) in [4.78, 5) is 0. The molecule has 0 spiro atoms. The van der Waals surface area contributed by atoms with Gasteiger partial charge in [0, 0.05) is 12.0 Å². The van der Waals surface area contributed by atoms with E-state index >= 15 is 0 Å². The quantitative estimate of drug-likeness (QED) is 0.494. The van der Waals surface area contributed by atoms with Crippen LogP contribution in [0.4, 0.5) is 5.69 Å². The van der Waals surface area contributed by atoms with Crippen LogP contribution >= 0.6 is 0 Å². The van der Waals surface area contributed by atoms with Crippen LogP contribution in [0.25, 0.3) is 16.8 Å². The van der Waals surface area contributed by atoms with Gasteiger partial charge in [0.15, 0.2) is 6.23 Å². The molecular formula is C25H34N3O3+. The van der Waals surface area contributed by atoms with E-state index in [1.54, 1.807) is 14.2 Å². The van der Waals surface area contributed by atoms with Gasteiger partial charge in [0.2, 0.25) is 5.69 Å². The number of aryl methyl sites for hydroxylation is 2. The van der Waals surface area contributed by atoms with Crippen LogP contribution in [0, 0.1) is 13.8 Å². The molecule has 0 saturated carbocycles. The molecule has 4 rings (SSSR count). The van der Waals surface area contributed by atoms with Crippen LogP contribution in [0.3, 0.4) is 0 Å². The zero-order valence-corrected chi connectivity index (χ0v) is 19.6. The molecule has 0 bridgehead atoms. The van der Waals surface area contributed by atoms with Crippen molar-refractivity contribution < 1.29 is 14.2 Å². The highest BCUT2D eigenvalue weighted by molar-refractivity contribution is 5.81. The lowest BCUT2D eigenvalue weighted by molar-refractivity contribution is -0.000824. The third kappa shape index (κ3) is 3.58. The van der Waals surface area contributed by atoms with E-state index in [1.165, 1.54) is 5.56 Å². The molecule has 166 valence electrons. The average Bonchev–Trinajstić information content (AvgIpc) is 3.41. The molecule has 1 aromatic carbocycles. The second kappa shape index (κ2) is 8.52. The summed E-state index contributed by atoms with van der Waals surface area (Å²) in [6, 6.07) is 10.6. The molecule has 6 nitrogen and oxygen atoms in total.